The first-order valence-corrected chi connectivity index (χ1v) is 6.74. The van der Waals surface area contributed by atoms with E-state index in [0.717, 1.165) is 6.54 Å². The molecule has 0 aliphatic carbocycles. The Balaban J connectivity index is 2.05. The van der Waals surface area contributed by atoms with Gasteiger partial charge in [-0.05, 0) is 12.6 Å². The number of amides is 2. The summed E-state index contributed by atoms with van der Waals surface area (Å²) in [6.07, 6.45) is 0.360. The zero-order valence-corrected chi connectivity index (χ0v) is 11.8. The molecule has 0 atom stereocenters. The summed E-state index contributed by atoms with van der Waals surface area (Å²) in [6, 6.07) is 3.18. The summed E-state index contributed by atoms with van der Waals surface area (Å²) >= 11 is 6.08. The number of rotatable bonds is 5. The molecule has 0 saturated heterocycles. The lowest BCUT2D eigenvalue weighted by atomic mass is 10.2. The highest BCUT2D eigenvalue weighted by atomic mass is 35.5. The first kappa shape index (κ1) is 14.6. The Labute approximate surface area is 121 Å². The standard InChI is InChI=1S/C13H16ClN3O3/c1-2-15-4-3-12(18)16-9-6-11-10(5-8(9)14)17-13(19)7-20-11/h5-6,15H,2-4,7H2,1H3,(H,16,18)(H,17,19). The monoisotopic (exact) mass is 297 g/mol. The van der Waals surface area contributed by atoms with E-state index in [2.05, 4.69) is 16.0 Å². The van der Waals surface area contributed by atoms with Gasteiger partial charge in [0, 0.05) is 19.0 Å². The van der Waals surface area contributed by atoms with E-state index in [4.69, 9.17) is 16.3 Å². The normalized spacial score (nSPS) is 13.2. The molecule has 6 nitrogen and oxygen atoms in total. The molecular weight excluding hydrogens is 282 g/mol. The predicted molar refractivity (Wildman–Crippen MR) is 77.4 cm³/mol. The number of anilines is 2. The van der Waals surface area contributed by atoms with Gasteiger partial charge in [-0.1, -0.05) is 18.5 Å². The van der Waals surface area contributed by atoms with Gasteiger partial charge in [0.05, 0.1) is 16.4 Å². The molecule has 0 bridgehead atoms. The first-order chi connectivity index (χ1) is 9.60. The van der Waals surface area contributed by atoms with Crippen molar-refractivity contribution in [1.29, 1.82) is 0 Å². The number of carbonyl (C=O) groups is 2. The van der Waals surface area contributed by atoms with Gasteiger partial charge in [0.2, 0.25) is 5.91 Å². The summed E-state index contributed by atoms with van der Waals surface area (Å²) in [6.45, 7) is 3.37. The average molecular weight is 298 g/mol. The molecule has 2 amide bonds. The molecule has 2 rings (SSSR count). The van der Waals surface area contributed by atoms with Crippen LogP contribution in [0.5, 0.6) is 5.75 Å². The Bertz CT molecular complexity index is 534. The lowest BCUT2D eigenvalue weighted by molar-refractivity contribution is -0.118. The summed E-state index contributed by atoms with van der Waals surface area (Å²) in [4.78, 5) is 22.9. The van der Waals surface area contributed by atoms with Crippen LogP contribution >= 0.6 is 11.6 Å². The van der Waals surface area contributed by atoms with Gasteiger partial charge in [-0.3, -0.25) is 9.59 Å². The summed E-state index contributed by atoms with van der Waals surface area (Å²) in [7, 11) is 0. The minimum absolute atomic E-state index is 0.0392. The molecule has 0 saturated carbocycles. The Morgan fingerprint density at radius 1 is 1.50 bits per heavy atom. The van der Waals surface area contributed by atoms with Crippen LogP contribution in [0.3, 0.4) is 0 Å². The Hall–Kier alpha value is -1.79. The maximum Gasteiger partial charge on any atom is 0.262 e. The second-order valence-electron chi connectivity index (χ2n) is 4.32. The third-order valence-corrected chi connectivity index (χ3v) is 3.07. The Morgan fingerprint density at radius 3 is 3.05 bits per heavy atom. The van der Waals surface area contributed by atoms with E-state index in [1.165, 1.54) is 0 Å². The summed E-state index contributed by atoms with van der Waals surface area (Å²) < 4.78 is 5.28. The van der Waals surface area contributed by atoms with Crippen LogP contribution < -0.4 is 20.7 Å². The van der Waals surface area contributed by atoms with Gasteiger partial charge in [0.1, 0.15) is 5.75 Å². The Kier molecular flexibility index (Phi) is 4.81. The van der Waals surface area contributed by atoms with E-state index >= 15 is 0 Å². The van der Waals surface area contributed by atoms with Crippen LogP contribution in [-0.2, 0) is 9.59 Å². The largest absolute Gasteiger partial charge is 0.482 e. The van der Waals surface area contributed by atoms with Gasteiger partial charge >= 0.3 is 0 Å². The van der Waals surface area contributed by atoms with Crippen molar-refractivity contribution in [2.24, 2.45) is 0 Å². The van der Waals surface area contributed by atoms with E-state index < -0.39 is 0 Å². The average Bonchev–Trinajstić information content (AvgIpc) is 2.40. The molecule has 0 radical (unpaired) electrons. The number of ether oxygens (including phenoxy) is 1. The number of benzene rings is 1. The van der Waals surface area contributed by atoms with E-state index in [9.17, 15) is 9.59 Å². The van der Waals surface area contributed by atoms with Gasteiger partial charge in [-0.25, -0.2) is 0 Å². The molecule has 0 spiro atoms. The van der Waals surface area contributed by atoms with Gasteiger partial charge in [0.15, 0.2) is 6.61 Å². The first-order valence-electron chi connectivity index (χ1n) is 6.37. The molecule has 20 heavy (non-hydrogen) atoms. The molecule has 0 unspecified atom stereocenters. The van der Waals surface area contributed by atoms with Crippen LogP contribution in [0.2, 0.25) is 5.02 Å². The minimum atomic E-state index is -0.226. The topological polar surface area (TPSA) is 79.5 Å². The molecular formula is C13H16ClN3O3. The van der Waals surface area contributed by atoms with Crippen molar-refractivity contribution in [2.45, 2.75) is 13.3 Å². The smallest absolute Gasteiger partial charge is 0.262 e. The number of fused-ring (bicyclic) bond motifs is 1. The number of hydrogen-bond acceptors (Lipinski definition) is 4. The van der Waals surface area contributed by atoms with Crippen molar-refractivity contribution in [3.05, 3.63) is 17.2 Å². The number of halogens is 1. The number of carbonyl (C=O) groups excluding carboxylic acids is 2. The highest BCUT2D eigenvalue weighted by Crippen LogP contribution is 2.36. The van der Waals surface area contributed by atoms with Crippen LogP contribution in [-0.4, -0.2) is 31.5 Å². The van der Waals surface area contributed by atoms with Crippen LogP contribution in [0.1, 0.15) is 13.3 Å². The molecule has 7 heteroatoms. The maximum atomic E-state index is 11.7. The fourth-order valence-corrected chi connectivity index (χ4v) is 2.00. The summed E-state index contributed by atoms with van der Waals surface area (Å²) in [5.41, 5.74) is 0.986. The summed E-state index contributed by atoms with van der Waals surface area (Å²) in [5, 5.41) is 8.80. The Morgan fingerprint density at radius 2 is 2.30 bits per heavy atom. The summed E-state index contributed by atoms with van der Waals surface area (Å²) in [5.74, 6) is 0.139. The highest BCUT2D eigenvalue weighted by molar-refractivity contribution is 6.34. The highest BCUT2D eigenvalue weighted by Gasteiger charge is 2.18. The SMILES string of the molecule is CCNCCC(=O)Nc1cc2c(cc1Cl)NC(=O)CO2. The van der Waals surface area contributed by atoms with Crippen molar-refractivity contribution in [2.75, 3.05) is 30.3 Å². The molecule has 1 aliphatic rings. The van der Waals surface area contributed by atoms with E-state index in [0.29, 0.717) is 35.1 Å². The molecule has 1 aromatic rings. The van der Waals surface area contributed by atoms with Gasteiger partial charge in [-0.2, -0.15) is 0 Å². The van der Waals surface area contributed by atoms with Crippen LogP contribution in [0.4, 0.5) is 11.4 Å². The molecule has 1 heterocycles. The molecule has 108 valence electrons. The van der Waals surface area contributed by atoms with Gasteiger partial charge in [0.25, 0.3) is 5.91 Å². The van der Waals surface area contributed by atoms with Gasteiger partial charge in [-0.15, -0.1) is 0 Å². The van der Waals surface area contributed by atoms with Crippen molar-refractivity contribution < 1.29 is 14.3 Å². The van der Waals surface area contributed by atoms with E-state index in [-0.39, 0.29) is 18.4 Å². The molecule has 0 fully saturated rings. The predicted octanol–water partition coefficient (Wildman–Crippen LogP) is 1.61. The molecule has 3 N–H and O–H groups in total. The van der Waals surface area contributed by atoms with Crippen LogP contribution in [0.25, 0.3) is 0 Å². The fraction of sp³-hybridized carbons (Fsp3) is 0.385. The van der Waals surface area contributed by atoms with E-state index in [1.807, 2.05) is 6.92 Å². The van der Waals surface area contributed by atoms with Crippen LogP contribution in [0.15, 0.2) is 12.1 Å². The van der Waals surface area contributed by atoms with Crippen molar-refractivity contribution in [3.8, 4) is 5.75 Å². The maximum absolute atomic E-state index is 11.7. The minimum Gasteiger partial charge on any atom is -0.482 e. The molecule has 1 aliphatic heterocycles. The molecule has 0 aromatic heterocycles. The molecule has 1 aromatic carbocycles. The number of hydrogen-bond donors (Lipinski definition) is 3. The lowest BCUT2D eigenvalue weighted by Gasteiger charge is -2.19. The zero-order valence-electron chi connectivity index (χ0n) is 11.1. The van der Waals surface area contributed by atoms with Crippen molar-refractivity contribution >= 4 is 34.8 Å². The third-order valence-electron chi connectivity index (χ3n) is 2.76. The van der Waals surface area contributed by atoms with Crippen molar-refractivity contribution in [3.63, 3.8) is 0 Å². The lowest BCUT2D eigenvalue weighted by Crippen LogP contribution is -2.25. The van der Waals surface area contributed by atoms with Gasteiger partial charge < -0.3 is 20.7 Å². The van der Waals surface area contributed by atoms with Crippen LogP contribution in [0, 0.1) is 0 Å². The van der Waals surface area contributed by atoms with Crippen molar-refractivity contribution in [1.82, 2.24) is 5.32 Å². The quantitative estimate of drug-likeness (QED) is 0.721. The fourth-order valence-electron chi connectivity index (χ4n) is 1.79. The second-order valence-corrected chi connectivity index (χ2v) is 4.72. The number of nitrogens with one attached hydrogen (secondary N) is 3. The third kappa shape index (κ3) is 3.61. The second kappa shape index (κ2) is 6.58. The van der Waals surface area contributed by atoms with E-state index in [1.54, 1.807) is 12.1 Å². The zero-order chi connectivity index (χ0) is 14.5.